The number of aromatic nitrogens is 1. The van der Waals surface area contributed by atoms with Crippen molar-refractivity contribution in [2.75, 3.05) is 6.54 Å². The standard InChI is InChI=1S/C19H14F3N3O4/c20-19(21,22)18(12-6-2-1-3-7-12)15(26)25(16(27)23-18)11-10-24-13-8-4-5-9-14(13)29-17(24)28/h1-9H,10-11H2,(H,23,27). The van der Waals surface area contributed by atoms with Gasteiger partial charge in [-0.3, -0.25) is 14.3 Å². The summed E-state index contributed by atoms with van der Waals surface area (Å²) in [6.45, 7) is -0.642. The average Bonchev–Trinajstić information content (AvgIpc) is 3.14. The molecule has 7 nitrogen and oxygen atoms in total. The van der Waals surface area contributed by atoms with E-state index in [1.807, 2.05) is 0 Å². The zero-order valence-electron chi connectivity index (χ0n) is 14.8. The first-order chi connectivity index (χ1) is 13.8. The van der Waals surface area contributed by atoms with E-state index >= 15 is 0 Å². The Bertz CT molecular complexity index is 1150. The molecular weight excluding hydrogens is 391 g/mol. The largest absolute Gasteiger partial charge is 0.425 e. The normalized spacial score (nSPS) is 19.8. The summed E-state index contributed by atoms with van der Waals surface area (Å²) in [4.78, 5) is 37.6. The number of rotatable bonds is 4. The van der Waals surface area contributed by atoms with Gasteiger partial charge in [0.25, 0.3) is 5.91 Å². The molecule has 2 heterocycles. The van der Waals surface area contributed by atoms with Crippen LogP contribution in [0.3, 0.4) is 0 Å². The van der Waals surface area contributed by atoms with Crippen molar-refractivity contribution in [1.29, 1.82) is 0 Å². The predicted octanol–water partition coefficient (Wildman–Crippen LogP) is 2.60. The Hall–Kier alpha value is -3.56. The van der Waals surface area contributed by atoms with Gasteiger partial charge in [0.15, 0.2) is 5.58 Å². The van der Waals surface area contributed by atoms with Gasteiger partial charge in [-0.05, 0) is 17.7 Å². The lowest BCUT2D eigenvalue weighted by Crippen LogP contribution is -2.55. The van der Waals surface area contributed by atoms with Crippen molar-refractivity contribution >= 4 is 23.0 Å². The van der Waals surface area contributed by atoms with Gasteiger partial charge in [-0.2, -0.15) is 13.2 Å². The van der Waals surface area contributed by atoms with E-state index in [4.69, 9.17) is 4.42 Å². The van der Waals surface area contributed by atoms with E-state index in [9.17, 15) is 27.6 Å². The molecule has 1 unspecified atom stereocenters. The molecule has 4 rings (SSSR count). The molecule has 29 heavy (non-hydrogen) atoms. The second-order valence-electron chi connectivity index (χ2n) is 6.49. The highest BCUT2D eigenvalue weighted by atomic mass is 19.4. The molecule has 1 aliphatic rings. The molecule has 1 N–H and O–H groups in total. The van der Waals surface area contributed by atoms with E-state index < -0.39 is 36.0 Å². The molecule has 150 valence electrons. The monoisotopic (exact) mass is 405 g/mol. The molecule has 1 aliphatic heterocycles. The molecule has 1 saturated heterocycles. The summed E-state index contributed by atoms with van der Waals surface area (Å²) in [6, 6.07) is 11.7. The van der Waals surface area contributed by atoms with Crippen LogP contribution in [0.4, 0.5) is 18.0 Å². The number of nitrogens with one attached hydrogen (secondary N) is 1. The average molecular weight is 405 g/mol. The molecule has 0 radical (unpaired) electrons. The Morgan fingerprint density at radius 3 is 2.28 bits per heavy atom. The van der Waals surface area contributed by atoms with Gasteiger partial charge >= 0.3 is 18.0 Å². The first-order valence-corrected chi connectivity index (χ1v) is 8.60. The summed E-state index contributed by atoms with van der Waals surface area (Å²) in [6.07, 6.45) is -5.06. The van der Waals surface area contributed by atoms with Gasteiger partial charge in [0.1, 0.15) is 0 Å². The van der Waals surface area contributed by atoms with Crippen LogP contribution in [0.1, 0.15) is 5.56 Å². The van der Waals surface area contributed by atoms with E-state index in [-0.39, 0.29) is 12.1 Å². The van der Waals surface area contributed by atoms with Crippen molar-refractivity contribution in [2.45, 2.75) is 18.3 Å². The van der Waals surface area contributed by atoms with Crippen LogP contribution in [0.5, 0.6) is 0 Å². The van der Waals surface area contributed by atoms with Gasteiger partial charge in [0, 0.05) is 13.1 Å². The molecule has 1 atom stereocenters. The number of oxazole rings is 1. The number of halogens is 3. The van der Waals surface area contributed by atoms with Crippen LogP contribution >= 0.6 is 0 Å². The maximum absolute atomic E-state index is 14.0. The molecule has 2 aromatic carbocycles. The highest BCUT2D eigenvalue weighted by molar-refractivity contribution is 6.08. The van der Waals surface area contributed by atoms with Crippen molar-refractivity contribution < 1.29 is 27.2 Å². The molecule has 0 aliphatic carbocycles. The Morgan fingerprint density at radius 1 is 0.931 bits per heavy atom. The molecular formula is C19H14F3N3O4. The molecule has 0 saturated carbocycles. The Balaban J connectivity index is 1.67. The van der Waals surface area contributed by atoms with Crippen LogP contribution in [-0.2, 0) is 16.9 Å². The van der Waals surface area contributed by atoms with E-state index in [1.165, 1.54) is 18.2 Å². The number of para-hydroxylation sites is 2. The second kappa shape index (κ2) is 6.50. The third-order valence-electron chi connectivity index (χ3n) is 4.86. The third kappa shape index (κ3) is 2.79. The number of amides is 3. The number of hydrogen-bond donors (Lipinski definition) is 1. The number of imide groups is 1. The van der Waals surface area contributed by atoms with Crippen LogP contribution in [0.15, 0.2) is 63.8 Å². The summed E-state index contributed by atoms with van der Waals surface area (Å²) in [5, 5.41) is 1.81. The molecule has 3 amide bonds. The number of benzene rings is 2. The highest BCUT2D eigenvalue weighted by Gasteiger charge is 2.68. The Labute approximate surface area is 161 Å². The van der Waals surface area contributed by atoms with Crippen LogP contribution in [0.25, 0.3) is 11.1 Å². The maximum Gasteiger partial charge on any atom is 0.425 e. The number of carbonyl (C=O) groups is 2. The van der Waals surface area contributed by atoms with Gasteiger partial charge in [-0.1, -0.05) is 42.5 Å². The number of hydrogen-bond acceptors (Lipinski definition) is 4. The first kappa shape index (κ1) is 18.8. The smallest absolute Gasteiger partial charge is 0.408 e. The molecule has 1 fully saturated rings. The van der Waals surface area contributed by atoms with Crippen LogP contribution in [0.2, 0.25) is 0 Å². The zero-order valence-corrected chi connectivity index (χ0v) is 14.8. The quantitative estimate of drug-likeness (QED) is 0.677. The Morgan fingerprint density at radius 2 is 1.59 bits per heavy atom. The number of carbonyl (C=O) groups excluding carboxylic acids is 2. The Kier molecular flexibility index (Phi) is 4.21. The van der Waals surface area contributed by atoms with E-state index in [2.05, 4.69) is 0 Å². The minimum atomic E-state index is -5.06. The van der Waals surface area contributed by atoms with Crippen LogP contribution in [-0.4, -0.2) is 34.1 Å². The van der Waals surface area contributed by atoms with Crippen molar-refractivity contribution in [1.82, 2.24) is 14.8 Å². The summed E-state index contributed by atoms with van der Waals surface area (Å²) in [5.74, 6) is -2.18. The molecule has 1 aromatic heterocycles. The minimum Gasteiger partial charge on any atom is -0.408 e. The topological polar surface area (TPSA) is 84.5 Å². The van der Waals surface area contributed by atoms with Crippen molar-refractivity contribution in [2.24, 2.45) is 0 Å². The number of fused-ring (bicyclic) bond motifs is 1. The molecule has 3 aromatic rings. The van der Waals surface area contributed by atoms with Gasteiger partial charge in [-0.25, -0.2) is 9.59 Å². The molecule has 10 heteroatoms. The van der Waals surface area contributed by atoms with Gasteiger partial charge in [0.2, 0.25) is 5.54 Å². The second-order valence-corrected chi connectivity index (χ2v) is 6.49. The summed E-state index contributed by atoms with van der Waals surface area (Å²) >= 11 is 0. The third-order valence-corrected chi connectivity index (χ3v) is 4.86. The van der Waals surface area contributed by atoms with Crippen LogP contribution in [0, 0.1) is 0 Å². The minimum absolute atomic E-state index is 0.211. The van der Waals surface area contributed by atoms with Crippen molar-refractivity contribution in [3.8, 4) is 0 Å². The summed E-state index contributed by atoms with van der Waals surface area (Å²) < 4.78 is 48.1. The summed E-state index contributed by atoms with van der Waals surface area (Å²) in [7, 11) is 0. The van der Waals surface area contributed by atoms with Crippen LogP contribution < -0.4 is 11.1 Å². The molecule has 0 spiro atoms. The predicted molar refractivity (Wildman–Crippen MR) is 94.9 cm³/mol. The summed E-state index contributed by atoms with van der Waals surface area (Å²) in [5.41, 5.74) is -2.85. The fourth-order valence-electron chi connectivity index (χ4n) is 3.44. The first-order valence-electron chi connectivity index (χ1n) is 8.60. The fourth-order valence-corrected chi connectivity index (χ4v) is 3.44. The lowest BCUT2D eigenvalue weighted by molar-refractivity contribution is -0.198. The fraction of sp³-hybridized carbons (Fsp3) is 0.211. The van der Waals surface area contributed by atoms with E-state index in [1.54, 1.807) is 29.6 Å². The van der Waals surface area contributed by atoms with Gasteiger partial charge < -0.3 is 9.73 Å². The lowest BCUT2D eigenvalue weighted by atomic mass is 9.89. The molecule has 0 bridgehead atoms. The number of urea groups is 1. The maximum atomic E-state index is 14.0. The highest BCUT2D eigenvalue weighted by Crippen LogP contribution is 2.43. The van der Waals surface area contributed by atoms with Gasteiger partial charge in [0.05, 0.1) is 5.52 Å². The zero-order chi connectivity index (χ0) is 20.8. The lowest BCUT2D eigenvalue weighted by Gasteiger charge is -2.29. The van der Waals surface area contributed by atoms with Crippen molar-refractivity contribution in [3.05, 3.63) is 70.7 Å². The number of nitrogens with zero attached hydrogens (tertiary/aromatic N) is 2. The van der Waals surface area contributed by atoms with Gasteiger partial charge in [-0.15, -0.1) is 0 Å². The van der Waals surface area contributed by atoms with E-state index in [0.717, 1.165) is 16.7 Å². The SMILES string of the molecule is O=C1NC(c2ccccc2)(C(F)(F)F)C(=O)N1CCn1c(=O)oc2ccccc21. The van der Waals surface area contributed by atoms with Crippen molar-refractivity contribution in [3.63, 3.8) is 0 Å². The van der Waals surface area contributed by atoms with E-state index in [0.29, 0.717) is 16.0 Å². The number of alkyl halides is 3.